The molecule has 1 amide bonds. The zero-order valence-electron chi connectivity index (χ0n) is 10.1. The Hall–Kier alpha value is -0.100. The van der Waals surface area contributed by atoms with E-state index in [1.807, 2.05) is 11.4 Å². The average molecular weight is 354 g/mol. The monoisotopic (exact) mass is 352 g/mol. The predicted molar refractivity (Wildman–Crippen MR) is 81.3 cm³/mol. The van der Waals surface area contributed by atoms with Crippen molar-refractivity contribution in [2.24, 2.45) is 5.92 Å². The second kappa shape index (κ2) is 8.15. The highest BCUT2D eigenvalue weighted by Gasteiger charge is 2.16. The van der Waals surface area contributed by atoms with Crippen molar-refractivity contribution in [2.75, 3.05) is 13.1 Å². The van der Waals surface area contributed by atoms with Crippen LogP contribution >= 0.6 is 39.7 Å². The number of rotatable bonds is 4. The molecule has 0 unspecified atom stereocenters. The molecule has 1 aliphatic heterocycles. The van der Waals surface area contributed by atoms with E-state index < -0.39 is 0 Å². The van der Waals surface area contributed by atoms with Gasteiger partial charge in [-0.3, -0.25) is 4.79 Å². The second-order valence-corrected chi connectivity index (χ2v) is 6.22. The van der Waals surface area contributed by atoms with Crippen molar-refractivity contribution >= 4 is 45.6 Å². The van der Waals surface area contributed by atoms with E-state index >= 15 is 0 Å². The van der Waals surface area contributed by atoms with Gasteiger partial charge in [0.05, 0.1) is 6.54 Å². The summed E-state index contributed by atoms with van der Waals surface area (Å²) >= 11 is 5.13. The molecule has 3 nitrogen and oxygen atoms in total. The Kier molecular flexibility index (Phi) is 7.22. The normalized spacial score (nSPS) is 16.1. The molecule has 1 aromatic heterocycles. The van der Waals surface area contributed by atoms with E-state index in [4.69, 9.17) is 0 Å². The second-order valence-electron chi connectivity index (χ2n) is 4.37. The van der Waals surface area contributed by atoms with E-state index in [9.17, 15) is 4.79 Å². The first-order chi connectivity index (χ1) is 8.25. The zero-order valence-corrected chi connectivity index (χ0v) is 13.3. The Morgan fingerprint density at radius 1 is 1.50 bits per heavy atom. The van der Waals surface area contributed by atoms with Crippen molar-refractivity contribution in [3.63, 3.8) is 0 Å². The summed E-state index contributed by atoms with van der Waals surface area (Å²) in [6.07, 6.45) is 2.91. The molecule has 18 heavy (non-hydrogen) atoms. The molecule has 1 saturated heterocycles. The molecule has 0 atom stereocenters. The lowest BCUT2D eigenvalue weighted by molar-refractivity contribution is -0.122. The topological polar surface area (TPSA) is 41.1 Å². The maximum atomic E-state index is 11.8. The molecule has 6 heteroatoms. The van der Waals surface area contributed by atoms with Gasteiger partial charge in [-0.2, -0.15) is 0 Å². The highest BCUT2D eigenvalue weighted by atomic mass is 79.9. The standard InChI is InChI=1S/C12H17BrN2OS.ClH/c13-10-3-6-17-11(10)8-15-12(16)7-9-1-4-14-5-2-9;/h3,6,9,14H,1-2,4-5,7-8H2,(H,15,16);1H. The van der Waals surface area contributed by atoms with Gasteiger partial charge in [0, 0.05) is 15.8 Å². The maximum Gasteiger partial charge on any atom is 0.220 e. The van der Waals surface area contributed by atoms with E-state index in [0.717, 1.165) is 30.4 Å². The van der Waals surface area contributed by atoms with Gasteiger partial charge in [0.2, 0.25) is 5.91 Å². The van der Waals surface area contributed by atoms with Crippen LogP contribution in [0.3, 0.4) is 0 Å². The smallest absolute Gasteiger partial charge is 0.220 e. The molecule has 0 aromatic carbocycles. The minimum Gasteiger partial charge on any atom is -0.351 e. The molecule has 1 fully saturated rings. The van der Waals surface area contributed by atoms with Crippen LogP contribution in [0, 0.1) is 5.92 Å². The van der Waals surface area contributed by atoms with E-state index in [0.29, 0.717) is 18.9 Å². The van der Waals surface area contributed by atoms with Crippen LogP contribution in [0.25, 0.3) is 0 Å². The van der Waals surface area contributed by atoms with Crippen molar-refractivity contribution in [1.82, 2.24) is 10.6 Å². The molecular formula is C12H18BrClN2OS. The molecule has 0 aliphatic carbocycles. The minimum atomic E-state index is 0. The number of carbonyl (C=O) groups excluding carboxylic acids is 1. The van der Waals surface area contributed by atoms with Gasteiger partial charge >= 0.3 is 0 Å². The van der Waals surface area contributed by atoms with Gasteiger partial charge < -0.3 is 10.6 Å². The van der Waals surface area contributed by atoms with Crippen molar-refractivity contribution in [1.29, 1.82) is 0 Å². The highest BCUT2D eigenvalue weighted by molar-refractivity contribution is 9.10. The van der Waals surface area contributed by atoms with Crippen molar-refractivity contribution in [3.05, 3.63) is 20.8 Å². The van der Waals surface area contributed by atoms with Gasteiger partial charge in [-0.25, -0.2) is 0 Å². The van der Waals surface area contributed by atoms with Gasteiger partial charge in [0.1, 0.15) is 0 Å². The summed E-state index contributed by atoms with van der Waals surface area (Å²) in [6, 6.07) is 2.01. The predicted octanol–water partition coefficient (Wildman–Crippen LogP) is 2.94. The van der Waals surface area contributed by atoms with Crippen LogP contribution in [0.5, 0.6) is 0 Å². The number of amides is 1. The van der Waals surface area contributed by atoms with Crippen LogP contribution in [0.15, 0.2) is 15.9 Å². The van der Waals surface area contributed by atoms with Gasteiger partial charge in [-0.05, 0) is 59.2 Å². The minimum absolute atomic E-state index is 0. The molecule has 1 aromatic rings. The summed E-state index contributed by atoms with van der Waals surface area (Å²) in [5.41, 5.74) is 0. The first-order valence-corrected chi connectivity index (χ1v) is 7.62. The fraction of sp³-hybridized carbons (Fsp3) is 0.583. The van der Waals surface area contributed by atoms with Crippen LogP contribution in [0.1, 0.15) is 24.1 Å². The third-order valence-electron chi connectivity index (χ3n) is 3.07. The molecule has 0 saturated carbocycles. The molecule has 0 spiro atoms. The third kappa shape index (κ3) is 4.88. The number of halogens is 2. The van der Waals surface area contributed by atoms with Crippen molar-refractivity contribution < 1.29 is 4.79 Å². The SMILES string of the molecule is Cl.O=C(CC1CCNCC1)NCc1sccc1Br. The number of hydrogen-bond acceptors (Lipinski definition) is 3. The Bertz CT molecular complexity index is 380. The third-order valence-corrected chi connectivity index (χ3v) is 5.00. The summed E-state index contributed by atoms with van der Waals surface area (Å²) in [4.78, 5) is 13.0. The first kappa shape index (κ1) is 16.0. The summed E-state index contributed by atoms with van der Waals surface area (Å²) < 4.78 is 1.09. The van der Waals surface area contributed by atoms with Crippen LogP contribution < -0.4 is 10.6 Å². The molecular weight excluding hydrogens is 336 g/mol. The Morgan fingerprint density at radius 2 is 2.22 bits per heavy atom. The summed E-state index contributed by atoms with van der Waals surface area (Å²) in [5, 5.41) is 8.33. The summed E-state index contributed by atoms with van der Waals surface area (Å²) in [5.74, 6) is 0.736. The quantitative estimate of drug-likeness (QED) is 0.874. The van der Waals surface area contributed by atoms with Crippen molar-refractivity contribution in [3.8, 4) is 0 Å². The fourth-order valence-corrected chi connectivity index (χ4v) is 3.48. The number of piperidine rings is 1. The summed E-state index contributed by atoms with van der Waals surface area (Å²) in [6.45, 7) is 2.74. The van der Waals surface area contributed by atoms with E-state index in [-0.39, 0.29) is 18.3 Å². The number of nitrogens with one attached hydrogen (secondary N) is 2. The zero-order chi connectivity index (χ0) is 12.1. The van der Waals surface area contributed by atoms with E-state index in [2.05, 4.69) is 26.6 Å². The molecule has 2 N–H and O–H groups in total. The van der Waals surface area contributed by atoms with Crippen LogP contribution in [-0.2, 0) is 11.3 Å². The Labute approximate surface area is 126 Å². The lowest BCUT2D eigenvalue weighted by atomic mass is 9.94. The summed E-state index contributed by atoms with van der Waals surface area (Å²) in [7, 11) is 0. The van der Waals surface area contributed by atoms with E-state index in [1.165, 1.54) is 4.88 Å². The van der Waals surface area contributed by atoms with Crippen LogP contribution in [0.2, 0.25) is 0 Å². The highest BCUT2D eigenvalue weighted by Crippen LogP contribution is 2.22. The molecule has 0 radical (unpaired) electrons. The van der Waals surface area contributed by atoms with Gasteiger partial charge in [-0.1, -0.05) is 0 Å². The van der Waals surface area contributed by atoms with Gasteiger partial charge in [0.25, 0.3) is 0 Å². The maximum absolute atomic E-state index is 11.8. The lowest BCUT2D eigenvalue weighted by Crippen LogP contribution is -2.32. The largest absolute Gasteiger partial charge is 0.351 e. The molecule has 2 rings (SSSR count). The fourth-order valence-electron chi connectivity index (χ4n) is 2.05. The number of hydrogen-bond donors (Lipinski definition) is 2. The van der Waals surface area contributed by atoms with Gasteiger partial charge in [-0.15, -0.1) is 23.7 Å². The van der Waals surface area contributed by atoms with Gasteiger partial charge in [0.15, 0.2) is 0 Å². The van der Waals surface area contributed by atoms with Crippen LogP contribution in [0.4, 0.5) is 0 Å². The van der Waals surface area contributed by atoms with Crippen LogP contribution in [-0.4, -0.2) is 19.0 Å². The van der Waals surface area contributed by atoms with Crippen molar-refractivity contribution in [2.45, 2.75) is 25.8 Å². The number of carbonyl (C=O) groups is 1. The average Bonchev–Trinajstić information content (AvgIpc) is 2.74. The van der Waals surface area contributed by atoms with E-state index in [1.54, 1.807) is 11.3 Å². The Balaban J connectivity index is 0.00000162. The lowest BCUT2D eigenvalue weighted by Gasteiger charge is -2.21. The Morgan fingerprint density at radius 3 is 2.83 bits per heavy atom. The number of thiophene rings is 1. The molecule has 2 heterocycles. The molecule has 102 valence electrons. The first-order valence-electron chi connectivity index (χ1n) is 5.95. The molecule has 1 aliphatic rings. The molecule has 0 bridgehead atoms.